The van der Waals surface area contributed by atoms with Crippen LogP contribution in [0.5, 0.6) is 0 Å². The molecule has 0 aliphatic rings. The zero-order valence-corrected chi connectivity index (χ0v) is 7.82. The van der Waals surface area contributed by atoms with Gasteiger partial charge in [-0.15, -0.1) is 0 Å². The summed E-state index contributed by atoms with van der Waals surface area (Å²) in [6.07, 6.45) is 2.94. The summed E-state index contributed by atoms with van der Waals surface area (Å²) in [6, 6.07) is 4.73. The predicted molar refractivity (Wildman–Crippen MR) is 53.1 cm³/mol. The van der Waals surface area contributed by atoms with Crippen molar-refractivity contribution in [2.45, 2.75) is 0 Å². The van der Waals surface area contributed by atoms with E-state index in [1.807, 2.05) is 0 Å². The lowest BCUT2D eigenvalue weighted by atomic mass is 10.3. The summed E-state index contributed by atoms with van der Waals surface area (Å²) >= 11 is 5.68. The van der Waals surface area contributed by atoms with Gasteiger partial charge in [-0.1, -0.05) is 11.6 Å². The normalized spacial score (nSPS) is 10.1. The molecule has 5 heteroatoms. The molecule has 0 aliphatic heterocycles. The lowest BCUT2D eigenvalue weighted by Gasteiger charge is -1.97. The number of hydrogen-bond acceptors (Lipinski definition) is 3. The van der Waals surface area contributed by atoms with Gasteiger partial charge in [-0.25, -0.2) is 4.98 Å². The van der Waals surface area contributed by atoms with Crippen molar-refractivity contribution >= 4 is 11.6 Å². The van der Waals surface area contributed by atoms with Gasteiger partial charge < -0.3 is 4.98 Å². The minimum Gasteiger partial charge on any atom is -0.305 e. The number of aromatic amines is 1. The number of H-pyrrole nitrogens is 1. The molecule has 4 nitrogen and oxygen atoms in total. The summed E-state index contributed by atoms with van der Waals surface area (Å²) in [7, 11) is 0. The average molecular weight is 208 g/mol. The molecule has 0 spiro atoms. The fraction of sp³-hybridized carbons (Fsp3) is 0. The Balaban J connectivity index is 2.50. The zero-order chi connectivity index (χ0) is 9.97. The van der Waals surface area contributed by atoms with E-state index >= 15 is 0 Å². The van der Waals surface area contributed by atoms with Crippen molar-refractivity contribution < 1.29 is 0 Å². The first-order valence-corrected chi connectivity index (χ1v) is 4.31. The van der Waals surface area contributed by atoms with Crippen molar-refractivity contribution in [1.82, 2.24) is 15.0 Å². The van der Waals surface area contributed by atoms with Crippen LogP contribution in [0.3, 0.4) is 0 Å². The lowest BCUT2D eigenvalue weighted by Crippen LogP contribution is -2.06. The maximum atomic E-state index is 11.0. The monoisotopic (exact) mass is 207 g/mol. The van der Waals surface area contributed by atoms with E-state index in [1.165, 1.54) is 18.5 Å². The summed E-state index contributed by atoms with van der Waals surface area (Å²) < 4.78 is 0. The summed E-state index contributed by atoms with van der Waals surface area (Å²) in [6.45, 7) is 0. The molecular weight excluding hydrogens is 202 g/mol. The van der Waals surface area contributed by atoms with Crippen LogP contribution in [0.4, 0.5) is 0 Å². The molecule has 2 rings (SSSR count). The van der Waals surface area contributed by atoms with Gasteiger partial charge in [0, 0.05) is 18.5 Å². The Kier molecular flexibility index (Phi) is 2.28. The van der Waals surface area contributed by atoms with Crippen molar-refractivity contribution in [2.24, 2.45) is 0 Å². The van der Waals surface area contributed by atoms with Crippen molar-refractivity contribution in [2.75, 3.05) is 0 Å². The second-order valence-electron chi connectivity index (χ2n) is 2.64. The third kappa shape index (κ3) is 1.80. The summed E-state index contributed by atoms with van der Waals surface area (Å²) in [5.74, 6) is 0.439. The van der Waals surface area contributed by atoms with E-state index in [0.717, 1.165) is 0 Å². The highest BCUT2D eigenvalue weighted by Crippen LogP contribution is 2.12. The Morgan fingerprint density at radius 2 is 2.07 bits per heavy atom. The smallest absolute Gasteiger partial charge is 0.251 e. The largest absolute Gasteiger partial charge is 0.305 e. The third-order valence-corrected chi connectivity index (χ3v) is 1.86. The molecule has 0 amide bonds. The van der Waals surface area contributed by atoms with Crippen molar-refractivity contribution in [1.29, 1.82) is 0 Å². The van der Waals surface area contributed by atoms with Gasteiger partial charge in [-0.05, 0) is 12.1 Å². The van der Waals surface area contributed by atoms with Crippen molar-refractivity contribution in [3.63, 3.8) is 0 Å². The van der Waals surface area contributed by atoms with Crippen LogP contribution in [0, 0.1) is 0 Å². The molecule has 0 saturated carbocycles. The maximum Gasteiger partial charge on any atom is 0.251 e. The highest BCUT2D eigenvalue weighted by Gasteiger charge is 2.00. The van der Waals surface area contributed by atoms with Gasteiger partial charge in [-0.3, -0.25) is 9.78 Å². The van der Waals surface area contributed by atoms with Gasteiger partial charge >= 0.3 is 0 Å². The van der Waals surface area contributed by atoms with Crippen LogP contribution in [0.1, 0.15) is 0 Å². The topological polar surface area (TPSA) is 58.6 Å². The highest BCUT2D eigenvalue weighted by molar-refractivity contribution is 6.30. The van der Waals surface area contributed by atoms with E-state index in [9.17, 15) is 4.79 Å². The number of hydrogen-bond donors (Lipinski definition) is 1. The quantitative estimate of drug-likeness (QED) is 0.771. The minimum atomic E-state index is -0.202. The first-order chi connectivity index (χ1) is 6.75. The van der Waals surface area contributed by atoms with E-state index in [-0.39, 0.29) is 5.56 Å². The van der Waals surface area contributed by atoms with E-state index in [2.05, 4.69) is 15.0 Å². The van der Waals surface area contributed by atoms with Crippen molar-refractivity contribution in [3.8, 4) is 11.5 Å². The molecule has 70 valence electrons. The average Bonchev–Trinajstić information content (AvgIpc) is 2.19. The Labute approximate surface area is 84.6 Å². The molecule has 0 radical (unpaired) electrons. The van der Waals surface area contributed by atoms with Crippen LogP contribution in [-0.2, 0) is 0 Å². The second-order valence-corrected chi connectivity index (χ2v) is 3.08. The second kappa shape index (κ2) is 3.59. The van der Waals surface area contributed by atoms with E-state index in [4.69, 9.17) is 11.6 Å². The van der Waals surface area contributed by atoms with Crippen molar-refractivity contribution in [3.05, 3.63) is 46.0 Å². The van der Waals surface area contributed by atoms with Gasteiger partial charge in [0.1, 0.15) is 5.69 Å². The number of aromatic nitrogens is 3. The summed E-state index contributed by atoms with van der Waals surface area (Å²) in [5.41, 5.74) is 0.388. The Morgan fingerprint density at radius 1 is 1.21 bits per heavy atom. The number of pyridine rings is 1. The first kappa shape index (κ1) is 8.90. The zero-order valence-electron chi connectivity index (χ0n) is 7.07. The number of halogens is 1. The predicted octanol–water partition coefficient (Wildman–Crippen LogP) is 1.49. The number of nitrogens with one attached hydrogen (secondary N) is 1. The van der Waals surface area contributed by atoms with Gasteiger partial charge in [0.05, 0.1) is 5.02 Å². The molecule has 2 heterocycles. The molecule has 0 aliphatic carbocycles. The molecule has 2 aromatic rings. The van der Waals surface area contributed by atoms with Crippen LogP contribution in [0.25, 0.3) is 11.5 Å². The standard InChI is InChI=1S/C9H6ClN3O/c10-6-1-2-7(12-5-6)9-11-4-3-8(14)13-9/h1-5H,(H,11,13,14). The number of nitrogens with zero attached hydrogens (tertiary/aromatic N) is 2. The molecule has 0 bridgehead atoms. The lowest BCUT2D eigenvalue weighted by molar-refractivity contribution is 1.10. The molecule has 0 saturated heterocycles. The Bertz CT molecular complexity index is 492. The minimum absolute atomic E-state index is 0.202. The fourth-order valence-corrected chi connectivity index (χ4v) is 1.13. The van der Waals surface area contributed by atoms with Crippen LogP contribution in [-0.4, -0.2) is 15.0 Å². The molecule has 0 aromatic carbocycles. The third-order valence-electron chi connectivity index (χ3n) is 1.64. The summed E-state index contributed by atoms with van der Waals surface area (Å²) in [4.78, 5) is 21.6. The van der Waals surface area contributed by atoms with Crippen LogP contribution in [0.2, 0.25) is 5.02 Å². The van der Waals surface area contributed by atoms with Crippen LogP contribution >= 0.6 is 11.6 Å². The highest BCUT2D eigenvalue weighted by atomic mass is 35.5. The maximum absolute atomic E-state index is 11.0. The van der Waals surface area contributed by atoms with E-state index in [0.29, 0.717) is 16.5 Å². The molecule has 0 unspecified atom stereocenters. The summed E-state index contributed by atoms with van der Waals surface area (Å²) in [5, 5.41) is 0.548. The van der Waals surface area contributed by atoms with Gasteiger partial charge in [0.25, 0.3) is 5.56 Å². The number of rotatable bonds is 1. The van der Waals surface area contributed by atoms with Crippen LogP contribution < -0.4 is 5.56 Å². The first-order valence-electron chi connectivity index (χ1n) is 3.93. The van der Waals surface area contributed by atoms with E-state index < -0.39 is 0 Å². The van der Waals surface area contributed by atoms with E-state index in [1.54, 1.807) is 12.1 Å². The molecular formula is C9H6ClN3O. The van der Waals surface area contributed by atoms with Crippen LogP contribution in [0.15, 0.2) is 35.4 Å². The van der Waals surface area contributed by atoms with Gasteiger partial charge in [0.2, 0.25) is 0 Å². The molecule has 2 aromatic heterocycles. The SMILES string of the molecule is O=c1ccnc(-c2ccc(Cl)cn2)[nH]1. The fourth-order valence-electron chi connectivity index (χ4n) is 1.02. The Hall–Kier alpha value is -1.68. The molecule has 1 N–H and O–H groups in total. The molecule has 0 fully saturated rings. The van der Waals surface area contributed by atoms with Gasteiger partial charge in [0.15, 0.2) is 5.82 Å². The molecule has 0 atom stereocenters. The Morgan fingerprint density at radius 3 is 2.71 bits per heavy atom. The molecule has 14 heavy (non-hydrogen) atoms. The van der Waals surface area contributed by atoms with Gasteiger partial charge in [-0.2, -0.15) is 0 Å².